The molecule has 0 atom stereocenters. The summed E-state index contributed by atoms with van der Waals surface area (Å²) in [5.74, 6) is 0.692. The Morgan fingerprint density at radius 1 is 1.40 bits per heavy atom. The SMILES string of the molecule is C1=C(c2ccco2)NOO1. The van der Waals surface area contributed by atoms with Gasteiger partial charge in [-0.3, -0.25) is 0 Å². The fourth-order valence-electron chi connectivity index (χ4n) is 0.705. The molecule has 2 heterocycles. The van der Waals surface area contributed by atoms with Gasteiger partial charge in [-0.05, 0) is 12.1 Å². The van der Waals surface area contributed by atoms with Crippen molar-refractivity contribution in [2.45, 2.75) is 0 Å². The van der Waals surface area contributed by atoms with Crippen LogP contribution < -0.4 is 5.48 Å². The van der Waals surface area contributed by atoms with Gasteiger partial charge >= 0.3 is 0 Å². The highest BCUT2D eigenvalue weighted by molar-refractivity contribution is 5.57. The van der Waals surface area contributed by atoms with Gasteiger partial charge in [-0.25, -0.2) is 5.48 Å². The van der Waals surface area contributed by atoms with E-state index in [1.54, 1.807) is 18.4 Å². The van der Waals surface area contributed by atoms with Crippen LogP contribution in [0.15, 0.2) is 29.1 Å². The van der Waals surface area contributed by atoms with Gasteiger partial charge in [0, 0.05) is 0 Å². The van der Waals surface area contributed by atoms with Gasteiger partial charge in [0.2, 0.25) is 0 Å². The minimum Gasteiger partial charge on any atom is -0.463 e. The normalized spacial score (nSPS) is 15.8. The maximum Gasteiger partial charge on any atom is 0.161 e. The van der Waals surface area contributed by atoms with E-state index in [9.17, 15) is 0 Å². The van der Waals surface area contributed by atoms with E-state index in [1.807, 2.05) is 0 Å². The lowest BCUT2D eigenvalue weighted by Gasteiger charge is -1.91. The second-order valence-electron chi connectivity index (χ2n) is 1.79. The molecule has 1 N–H and O–H groups in total. The number of furan rings is 1. The molecule has 0 aromatic carbocycles. The first kappa shape index (κ1) is 5.37. The highest BCUT2D eigenvalue weighted by Crippen LogP contribution is 2.14. The summed E-state index contributed by atoms with van der Waals surface area (Å²) in [5, 5.41) is 0. The maximum absolute atomic E-state index is 5.03. The molecule has 0 unspecified atom stereocenters. The Labute approximate surface area is 56.9 Å². The predicted molar refractivity (Wildman–Crippen MR) is 32.0 cm³/mol. The van der Waals surface area contributed by atoms with Crippen LogP contribution in [0.2, 0.25) is 0 Å². The lowest BCUT2D eigenvalue weighted by molar-refractivity contribution is -0.263. The van der Waals surface area contributed by atoms with Crippen LogP contribution in [0, 0.1) is 0 Å². The molecule has 0 saturated heterocycles. The number of rotatable bonds is 1. The first-order valence-corrected chi connectivity index (χ1v) is 2.79. The summed E-state index contributed by atoms with van der Waals surface area (Å²) in [7, 11) is 0. The summed E-state index contributed by atoms with van der Waals surface area (Å²) >= 11 is 0. The van der Waals surface area contributed by atoms with Gasteiger partial charge in [0.15, 0.2) is 12.0 Å². The lowest BCUT2D eigenvalue weighted by atomic mass is 10.4. The van der Waals surface area contributed by atoms with E-state index in [-0.39, 0.29) is 0 Å². The van der Waals surface area contributed by atoms with Gasteiger partial charge in [0.25, 0.3) is 0 Å². The Balaban J connectivity index is 2.28. The van der Waals surface area contributed by atoms with Gasteiger partial charge in [0.05, 0.1) is 6.26 Å². The third-order valence-corrected chi connectivity index (χ3v) is 1.15. The van der Waals surface area contributed by atoms with Crippen molar-refractivity contribution in [2.24, 2.45) is 0 Å². The Morgan fingerprint density at radius 2 is 2.40 bits per heavy atom. The van der Waals surface area contributed by atoms with Gasteiger partial charge in [-0.15, -0.1) is 0 Å². The second-order valence-corrected chi connectivity index (χ2v) is 1.79. The predicted octanol–water partition coefficient (Wildman–Crippen LogP) is 1.04. The number of hydrogen-bond donors (Lipinski definition) is 1. The van der Waals surface area contributed by atoms with Crippen molar-refractivity contribution in [1.82, 2.24) is 5.48 Å². The number of nitrogens with one attached hydrogen (secondary N) is 1. The van der Waals surface area contributed by atoms with Gasteiger partial charge < -0.3 is 9.30 Å². The molecule has 4 nitrogen and oxygen atoms in total. The van der Waals surface area contributed by atoms with Gasteiger partial charge in [-0.1, -0.05) is 4.99 Å². The molecule has 10 heavy (non-hydrogen) atoms. The highest BCUT2D eigenvalue weighted by atomic mass is 17.3. The van der Waals surface area contributed by atoms with E-state index in [1.165, 1.54) is 6.26 Å². The van der Waals surface area contributed by atoms with E-state index in [2.05, 4.69) is 15.4 Å². The van der Waals surface area contributed by atoms with Crippen LogP contribution in [-0.2, 0) is 9.88 Å². The van der Waals surface area contributed by atoms with E-state index in [4.69, 9.17) is 4.42 Å². The molecule has 1 aliphatic rings. The molecule has 0 bridgehead atoms. The summed E-state index contributed by atoms with van der Waals surface area (Å²) in [4.78, 5) is 8.83. The molecule has 0 spiro atoms. The van der Waals surface area contributed by atoms with Crippen molar-refractivity contribution < 1.29 is 14.3 Å². The van der Waals surface area contributed by atoms with Crippen molar-refractivity contribution in [3.63, 3.8) is 0 Å². The average Bonchev–Trinajstić information content (AvgIpc) is 2.59. The molecular weight excluding hydrogens is 134 g/mol. The summed E-state index contributed by atoms with van der Waals surface area (Å²) < 4.78 is 5.03. The molecule has 4 heteroatoms. The largest absolute Gasteiger partial charge is 0.463 e. The van der Waals surface area contributed by atoms with Crippen LogP contribution in [0.5, 0.6) is 0 Å². The molecule has 1 aliphatic heterocycles. The standard InChI is InChI=1S/C6H5NO3/c1-2-6(8-3-1)5-4-9-10-7-5/h1-4,7H. The van der Waals surface area contributed by atoms with Crippen LogP contribution in [-0.4, -0.2) is 0 Å². The van der Waals surface area contributed by atoms with Crippen molar-refractivity contribution >= 4 is 5.70 Å². The summed E-state index contributed by atoms with van der Waals surface area (Å²) in [5.41, 5.74) is 3.19. The topological polar surface area (TPSA) is 43.6 Å². The first-order chi connectivity index (χ1) is 4.97. The third-order valence-electron chi connectivity index (χ3n) is 1.15. The van der Waals surface area contributed by atoms with Gasteiger partial charge in [-0.2, -0.15) is 0 Å². The minimum absolute atomic E-state index is 0.685. The fraction of sp³-hybridized carbons (Fsp3) is 0. The second kappa shape index (κ2) is 2.07. The fourth-order valence-corrected chi connectivity index (χ4v) is 0.705. The van der Waals surface area contributed by atoms with Crippen LogP contribution in [0.4, 0.5) is 0 Å². The zero-order chi connectivity index (χ0) is 6.81. The molecule has 0 fully saturated rings. The zero-order valence-corrected chi connectivity index (χ0v) is 5.03. The quantitative estimate of drug-likeness (QED) is 0.590. The first-order valence-electron chi connectivity index (χ1n) is 2.79. The Bertz CT molecular complexity index is 240. The lowest BCUT2D eigenvalue weighted by Crippen LogP contribution is -2.03. The Morgan fingerprint density at radius 3 is 3.00 bits per heavy atom. The van der Waals surface area contributed by atoms with Crippen LogP contribution in [0.25, 0.3) is 5.70 Å². The van der Waals surface area contributed by atoms with Crippen LogP contribution in [0.3, 0.4) is 0 Å². The smallest absolute Gasteiger partial charge is 0.161 e. The molecule has 1 aromatic heterocycles. The monoisotopic (exact) mass is 139 g/mol. The summed E-state index contributed by atoms with van der Waals surface area (Å²) in [6.45, 7) is 0. The molecule has 0 saturated carbocycles. The average molecular weight is 139 g/mol. The zero-order valence-electron chi connectivity index (χ0n) is 5.03. The Kier molecular flexibility index (Phi) is 1.11. The van der Waals surface area contributed by atoms with Crippen molar-refractivity contribution in [2.75, 3.05) is 0 Å². The summed E-state index contributed by atoms with van der Waals surface area (Å²) in [6, 6.07) is 3.59. The molecule has 52 valence electrons. The van der Waals surface area contributed by atoms with E-state index in [0.29, 0.717) is 11.5 Å². The molecule has 1 aromatic rings. The van der Waals surface area contributed by atoms with E-state index >= 15 is 0 Å². The molecular formula is C6H5NO3. The van der Waals surface area contributed by atoms with Crippen LogP contribution in [0.1, 0.15) is 5.76 Å². The van der Waals surface area contributed by atoms with Crippen molar-refractivity contribution in [1.29, 1.82) is 0 Å². The highest BCUT2D eigenvalue weighted by Gasteiger charge is 2.09. The molecule has 0 radical (unpaired) electrons. The van der Waals surface area contributed by atoms with Crippen molar-refractivity contribution in [3.05, 3.63) is 30.4 Å². The van der Waals surface area contributed by atoms with E-state index < -0.39 is 0 Å². The number of hydrogen-bond acceptors (Lipinski definition) is 4. The summed E-state index contributed by atoms with van der Waals surface area (Å²) in [6.07, 6.45) is 3.01. The van der Waals surface area contributed by atoms with Gasteiger partial charge in [0.1, 0.15) is 5.70 Å². The minimum atomic E-state index is 0.685. The molecule has 2 rings (SSSR count). The third kappa shape index (κ3) is 0.745. The Hall–Kier alpha value is -1.42. The molecule has 0 aliphatic carbocycles. The maximum atomic E-state index is 5.03. The number of hydroxylamine groups is 1. The molecule has 0 amide bonds. The van der Waals surface area contributed by atoms with E-state index in [0.717, 1.165) is 0 Å². The van der Waals surface area contributed by atoms with Crippen molar-refractivity contribution in [3.8, 4) is 0 Å². The van der Waals surface area contributed by atoms with Crippen LogP contribution >= 0.6 is 0 Å².